The Hall–Kier alpha value is -0.470. The summed E-state index contributed by atoms with van der Waals surface area (Å²) in [4.78, 5) is 1.41. The van der Waals surface area contributed by atoms with E-state index in [2.05, 4.69) is 51.2 Å². The molecule has 0 bridgehead atoms. The number of hydrogen-bond acceptors (Lipinski definition) is 2. The largest absolute Gasteiger partial charge is 0.315 e. The van der Waals surface area contributed by atoms with E-state index in [0.717, 1.165) is 6.54 Å². The third kappa shape index (κ3) is 5.60. The highest BCUT2D eigenvalue weighted by Crippen LogP contribution is 2.22. The summed E-state index contributed by atoms with van der Waals surface area (Å²) < 4.78 is 0. The van der Waals surface area contributed by atoms with Crippen LogP contribution in [0.3, 0.4) is 0 Å². The van der Waals surface area contributed by atoms with Gasteiger partial charge in [0.05, 0.1) is 0 Å². The van der Waals surface area contributed by atoms with Crippen LogP contribution in [0.25, 0.3) is 0 Å². The average Bonchev–Trinajstić information content (AvgIpc) is 2.29. The molecule has 0 aromatic heterocycles. The van der Waals surface area contributed by atoms with Gasteiger partial charge >= 0.3 is 0 Å². The molecule has 0 aliphatic rings. The molecule has 1 aromatic rings. The summed E-state index contributed by atoms with van der Waals surface area (Å²) in [5, 5.41) is 3.45. The van der Waals surface area contributed by atoms with Gasteiger partial charge in [0.25, 0.3) is 0 Å². The number of rotatable bonds is 7. The van der Waals surface area contributed by atoms with Gasteiger partial charge in [-0.2, -0.15) is 0 Å². The third-order valence-electron chi connectivity index (χ3n) is 3.08. The third-order valence-corrected chi connectivity index (χ3v) is 4.16. The fraction of sp³-hybridized carbons (Fsp3) is 0.600. The normalized spacial score (nSPS) is 12.7. The molecule has 0 heterocycles. The molecule has 1 N–H and O–H groups in total. The summed E-state index contributed by atoms with van der Waals surface area (Å²) >= 11 is 1.98. The highest BCUT2D eigenvalue weighted by atomic mass is 32.2. The molecule has 1 unspecified atom stereocenters. The highest BCUT2D eigenvalue weighted by Gasteiger charge is 2.00. The van der Waals surface area contributed by atoms with Crippen LogP contribution in [-0.2, 0) is 0 Å². The standard InChI is InChI=1S/C15H25NS/c1-5-16-14(4)7-6-10-17-15-9-8-12(2)13(3)11-15/h8-9,11,14,16H,5-7,10H2,1-4H3. The molecule has 0 amide bonds. The van der Waals surface area contributed by atoms with Crippen LogP contribution in [0.15, 0.2) is 23.1 Å². The van der Waals surface area contributed by atoms with Crippen LogP contribution >= 0.6 is 11.8 Å². The maximum absolute atomic E-state index is 3.45. The van der Waals surface area contributed by atoms with Crippen molar-refractivity contribution in [2.45, 2.75) is 51.5 Å². The van der Waals surface area contributed by atoms with Crippen LogP contribution in [0.5, 0.6) is 0 Å². The molecule has 0 fully saturated rings. The van der Waals surface area contributed by atoms with Crippen molar-refractivity contribution in [1.82, 2.24) is 5.32 Å². The maximum atomic E-state index is 3.45. The molecule has 0 radical (unpaired) electrons. The van der Waals surface area contributed by atoms with Gasteiger partial charge in [-0.1, -0.05) is 13.0 Å². The summed E-state index contributed by atoms with van der Waals surface area (Å²) in [5.74, 6) is 1.22. The first-order chi connectivity index (χ1) is 8.13. The van der Waals surface area contributed by atoms with Gasteiger partial charge in [-0.25, -0.2) is 0 Å². The predicted molar refractivity (Wildman–Crippen MR) is 79.0 cm³/mol. The second-order valence-corrected chi connectivity index (χ2v) is 5.86. The summed E-state index contributed by atoms with van der Waals surface area (Å²) in [7, 11) is 0. The van der Waals surface area contributed by atoms with Gasteiger partial charge in [0, 0.05) is 10.9 Å². The second-order valence-electron chi connectivity index (χ2n) is 4.70. The molecule has 1 atom stereocenters. The molecule has 0 spiro atoms. The summed E-state index contributed by atoms with van der Waals surface area (Å²) in [5.41, 5.74) is 2.78. The number of aryl methyl sites for hydroxylation is 2. The van der Waals surface area contributed by atoms with E-state index in [1.54, 1.807) is 0 Å². The number of nitrogens with one attached hydrogen (secondary N) is 1. The molecule has 17 heavy (non-hydrogen) atoms. The minimum atomic E-state index is 0.653. The van der Waals surface area contributed by atoms with Crippen LogP contribution in [0.2, 0.25) is 0 Å². The zero-order valence-corrected chi connectivity index (χ0v) is 12.4. The molecule has 0 saturated heterocycles. The van der Waals surface area contributed by atoms with Crippen LogP contribution < -0.4 is 5.32 Å². The zero-order chi connectivity index (χ0) is 12.7. The van der Waals surface area contributed by atoms with Crippen molar-refractivity contribution < 1.29 is 0 Å². The van der Waals surface area contributed by atoms with Crippen LogP contribution in [0.4, 0.5) is 0 Å². The Labute approximate surface area is 110 Å². The monoisotopic (exact) mass is 251 g/mol. The number of benzene rings is 1. The lowest BCUT2D eigenvalue weighted by atomic mass is 10.1. The minimum Gasteiger partial charge on any atom is -0.315 e. The average molecular weight is 251 g/mol. The molecule has 1 nitrogen and oxygen atoms in total. The van der Waals surface area contributed by atoms with Gasteiger partial charge in [0.15, 0.2) is 0 Å². The lowest BCUT2D eigenvalue weighted by Crippen LogP contribution is -2.25. The summed E-state index contributed by atoms with van der Waals surface area (Å²) in [6.07, 6.45) is 2.55. The molecule has 1 rings (SSSR count). The van der Waals surface area contributed by atoms with Gasteiger partial charge in [0.1, 0.15) is 0 Å². The van der Waals surface area contributed by atoms with E-state index in [4.69, 9.17) is 0 Å². The summed E-state index contributed by atoms with van der Waals surface area (Å²) in [6.45, 7) is 9.87. The quantitative estimate of drug-likeness (QED) is 0.576. The Morgan fingerprint density at radius 1 is 1.24 bits per heavy atom. The van der Waals surface area contributed by atoms with Crippen molar-refractivity contribution >= 4 is 11.8 Å². The summed E-state index contributed by atoms with van der Waals surface area (Å²) in [6, 6.07) is 7.41. The lowest BCUT2D eigenvalue weighted by molar-refractivity contribution is 0.526. The zero-order valence-electron chi connectivity index (χ0n) is 11.5. The van der Waals surface area contributed by atoms with E-state index in [-0.39, 0.29) is 0 Å². The van der Waals surface area contributed by atoms with Gasteiger partial charge in [0.2, 0.25) is 0 Å². The molecule has 1 aromatic carbocycles. The van der Waals surface area contributed by atoms with E-state index >= 15 is 0 Å². The van der Waals surface area contributed by atoms with Crippen molar-refractivity contribution in [3.05, 3.63) is 29.3 Å². The number of thioether (sulfide) groups is 1. The Kier molecular flexibility index (Phi) is 6.68. The van der Waals surface area contributed by atoms with Crippen molar-refractivity contribution in [2.75, 3.05) is 12.3 Å². The van der Waals surface area contributed by atoms with E-state index in [1.165, 1.54) is 34.6 Å². The van der Waals surface area contributed by atoms with Crippen LogP contribution in [0, 0.1) is 13.8 Å². The van der Waals surface area contributed by atoms with Crippen molar-refractivity contribution in [3.8, 4) is 0 Å². The van der Waals surface area contributed by atoms with E-state index < -0.39 is 0 Å². The molecule has 0 saturated carbocycles. The second kappa shape index (κ2) is 7.78. The maximum Gasteiger partial charge on any atom is 0.00747 e. The van der Waals surface area contributed by atoms with Crippen molar-refractivity contribution in [3.63, 3.8) is 0 Å². The molecule has 0 aliphatic carbocycles. The molecular formula is C15H25NS. The molecule has 2 heteroatoms. The van der Waals surface area contributed by atoms with Gasteiger partial charge < -0.3 is 5.32 Å². The first-order valence-electron chi connectivity index (χ1n) is 6.57. The fourth-order valence-corrected chi connectivity index (χ4v) is 2.80. The van der Waals surface area contributed by atoms with E-state index in [0.29, 0.717) is 6.04 Å². The van der Waals surface area contributed by atoms with Gasteiger partial charge in [-0.05, 0) is 69.2 Å². The first kappa shape index (κ1) is 14.6. The molecule has 0 aliphatic heterocycles. The van der Waals surface area contributed by atoms with E-state index in [1.807, 2.05) is 11.8 Å². The van der Waals surface area contributed by atoms with Crippen molar-refractivity contribution in [2.24, 2.45) is 0 Å². The lowest BCUT2D eigenvalue weighted by Gasteiger charge is -2.11. The van der Waals surface area contributed by atoms with E-state index in [9.17, 15) is 0 Å². The molecular weight excluding hydrogens is 226 g/mol. The number of hydrogen-bond donors (Lipinski definition) is 1. The topological polar surface area (TPSA) is 12.0 Å². The first-order valence-corrected chi connectivity index (χ1v) is 7.55. The Morgan fingerprint density at radius 3 is 2.65 bits per heavy atom. The van der Waals surface area contributed by atoms with Gasteiger partial charge in [-0.3, -0.25) is 0 Å². The van der Waals surface area contributed by atoms with Gasteiger partial charge in [-0.15, -0.1) is 11.8 Å². The Morgan fingerprint density at radius 2 is 2.00 bits per heavy atom. The Bertz CT molecular complexity index is 336. The molecule has 96 valence electrons. The fourth-order valence-electron chi connectivity index (χ4n) is 1.83. The van der Waals surface area contributed by atoms with Crippen LogP contribution in [0.1, 0.15) is 37.8 Å². The highest BCUT2D eigenvalue weighted by molar-refractivity contribution is 7.99. The SMILES string of the molecule is CCNC(C)CCCSc1ccc(C)c(C)c1. The van der Waals surface area contributed by atoms with Crippen molar-refractivity contribution in [1.29, 1.82) is 0 Å². The smallest absolute Gasteiger partial charge is 0.00747 e. The van der Waals surface area contributed by atoms with Crippen LogP contribution in [-0.4, -0.2) is 18.3 Å². The Balaban J connectivity index is 2.24. The predicted octanol–water partition coefficient (Wildman–Crippen LogP) is 4.17. The minimum absolute atomic E-state index is 0.653.